The van der Waals surface area contributed by atoms with Gasteiger partial charge >= 0.3 is 30.2 Å². The van der Waals surface area contributed by atoms with Gasteiger partial charge in [-0.25, -0.2) is 29.0 Å². The van der Waals surface area contributed by atoms with E-state index in [1.165, 1.54) is 54.9 Å². The fourth-order valence-corrected chi connectivity index (χ4v) is 16.6. The number of hydrogen-bond donors (Lipinski definition) is 10. The van der Waals surface area contributed by atoms with Crippen LogP contribution in [-0.4, -0.2) is 224 Å². The molecule has 0 radical (unpaired) electrons. The van der Waals surface area contributed by atoms with Crippen molar-refractivity contribution < 1.29 is 28.5 Å². The quantitative estimate of drug-likeness (QED) is 0.0164. The standard InChI is InChI=1S/C19H28N4OS.4C19H27N3OS/c1-14-15(2)25-18(22-14)13-21-19(24)20-12-17(23(3,4)5)11-16-9-7-6-8-10-16;4*1-15(11-17-9-10-24-14-17)21-19(23)20-13-18(22(2)3)12-16-7-5-4-6-8-16/h6-10,17H,11-13H2,1-5H3,(H-,20,21,24);4*4-10,14-15,18H,11-13H2,1-3H3,(H2,20,21,23)/p+1/t17-;15?,18-;15-,18?;15-,18-;/m1000./s1. The first-order valence-corrected chi connectivity index (χ1v) is 46.3. The number of nitrogens with one attached hydrogen (secondary N) is 10. The van der Waals surface area contributed by atoms with Crippen LogP contribution in [0.5, 0.6) is 0 Å². The number of rotatable bonds is 39. The van der Waals surface area contributed by atoms with Gasteiger partial charge < -0.3 is 77.3 Å². The summed E-state index contributed by atoms with van der Waals surface area (Å²) in [6, 6.07) is 61.6. The maximum Gasteiger partial charge on any atom is 0.315 e. The van der Waals surface area contributed by atoms with Gasteiger partial charge in [-0.05, 0) is 267 Å². The molecule has 4 unspecified atom stereocenters. The summed E-state index contributed by atoms with van der Waals surface area (Å²) in [6.45, 7) is 15.8. The molecule has 656 valence electrons. The third kappa shape index (κ3) is 42.8. The Morgan fingerprint density at radius 3 is 0.785 bits per heavy atom. The number of hydrogen-bond acceptors (Lipinski definition) is 15. The van der Waals surface area contributed by atoms with Crippen molar-refractivity contribution in [2.24, 2.45) is 0 Å². The molecule has 0 aliphatic rings. The van der Waals surface area contributed by atoms with E-state index >= 15 is 0 Å². The van der Waals surface area contributed by atoms with E-state index in [2.05, 4.69) is 239 Å². The van der Waals surface area contributed by atoms with E-state index in [-0.39, 0.29) is 78.5 Å². The zero-order valence-electron chi connectivity index (χ0n) is 74.4. The largest absolute Gasteiger partial charge is 0.337 e. The van der Waals surface area contributed by atoms with Crippen LogP contribution in [0.25, 0.3) is 0 Å². The number of carbonyl (C=O) groups excluding carboxylic acids is 5. The van der Waals surface area contributed by atoms with Crippen molar-refractivity contribution in [3.8, 4) is 0 Å². The first-order valence-electron chi connectivity index (χ1n) is 41.8. The molecule has 5 heterocycles. The van der Waals surface area contributed by atoms with Gasteiger partial charge in [0.15, 0.2) is 0 Å². The van der Waals surface area contributed by atoms with Crippen LogP contribution in [0.2, 0.25) is 0 Å². The maximum absolute atomic E-state index is 12.1. The molecule has 5 aromatic carbocycles. The zero-order valence-corrected chi connectivity index (χ0v) is 78.5. The van der Waals surface area contributed by atoms with Crippen molar-refractivity contribution in [1.29, 1.82) is 0 Å². The summed E-state index contributed by atoms with van der Waals surface area (Å²) in [5.74, 6) is 0. The molecule has 121 heavy (non-hydrogen) atoms. The van der Waals surface area contributed by atoms with E-state index in [1.807, 2.05) is 177 Å². The number of carbonyl (C=O) groups is 5. The Hall–Kier alpha value is -9.32. The fraction of sp³-hybridized carbons (Fsp3) is 0.432. The van der Waals surface area contributed by atoms with Crippen LogP contribution >= 0.6 is 56.7 Å². The van der Waals surface area contributed by atoms with Crippen LogP contribution < -0.4 is 53.2 Å². The van der Waals surface area contributed by atoms with Gasteiger partial charge in [0.2, 0.25) is 0 Å². The Morgan fingerprint density at radius 1 is 0.322 bits per heavy atom. The Kier molecular flexibility index (Phi) is 46.2. The topological polar surface area (TPSA) is 232 Å². The average molecular weight is 1740 g/mol. The molecule has 0 aliphatic heterocycles. The Balaban J connectivity index is 0.000000234. The highest BCUT2D eigenvalue weighted by Crippen LogP contribution is 2.19. The molecule has 10 amide bonds. The van der Waals surface area contributed by atoms with Crippen molar-refractivity contribution in [3.63, 3.8) is 0 Å². The Bertz CT molecular complexity index is 3930. The van der Waals surface area contributed by atoms with Crippen LogP contribution in [0.4, 0.5) is 24.0 Å². The lowest BCUT2D eigenvalue weighted by Crippen LogP contribution is -2.53. The van der Waals surface area contributed by atoms with E-state index in [0.29, 0.717) is 45.3 Å². The summed E-state index contributed by atoms with van der Waals surface area (Å²) < 4.78 is 0.792. The molecular formula is C95H137N16O5S5+. The molecule has 0 aliphatic carbocycles. The molecule has 10 N–H and O–H groups in total. The third-order valence-electron chi connectivity index (χ3n) is 20.5. The van der Waals surface area contributed by atoms with Gasteiger partial charge in [-0.1, -0.05) is 152 Å². The molecule has 26 heteroatoms. The molecule has 5 aromatic heterocycles. The molecule has 0 bridgehead atoms. The molecule has 21 nitrogen and oxygen atoms in total. The highest BCUT2D eigenvalue weighted by Gasteiger charge is 2.26. The zero-order chi connectivity index (χ0) is 87.9. The second kappa shape index (κ2) is 55.6. The molecule has 10 aromatic rings. The molecule has 9 atom stereocenters. The summed E-state index contributed by atoms with van der Waals surface area (Å²) in [6.07, 6.45) is 8.02. The van der Waals surface area contributed by atoms with Gasteiger partial charge in [0.05, 0.1) is 39.9 Å². The lowest BCUT2D eigenvalue weighted by atomic mass is 10.0. The van der Waals surface area contributed by atoms with Crippen molar-refractivity contribution in [1.82, 2.24) is 77.8 Å². The number of likely N-dealkylation sites (N-methyl/N-ethyl adjacent to an activating group) is 5. The molecule has 0 fully saturated rings. The number of thiazole rings is 1. The third-order valence-corrected chi connectivity index (χ3v) is 24.6. The minimum Gasteiger partial charge on any atom is -0.337 e. The Labute approximate surface area is 742 Å². The first-order chi connectivity index (χ1) is 57.9. The maximum atomic E-state index is 12.1. The van der Waals surface area contributed by atoms with Gasteiger partial charge in [-0.15, -0.1) is 11.3 Å². The molecule has 10 rings (SSSR count). The van der Waals surface area contributed by atoms with Crippen LogP contribution in [-0.2, 0) is 64.3 Å². The Morgan fingerprint density at radius 2 is 0.570 bits per heavy atom. The minimum atomic E-state index is -0.142. The van der Waals surface area contributed by atoms with Crippen molar-refractivity contribution in [2.75, 3.05) is 110 Å². The number of benzene rings is 5. The highest BCUT2D eigenvalue weighted by molar-refractivity contribution is 7.11. The number of thiophene rings is 4. The lowest BCUT2D eigenvalue weighted by Gasteiger charge is -2.34. The summed E-state index contributed by atoms with van der Waals surface area (Å²) in [4.78, 5) is 74.9. The number of aromatic nitrogens is 1. The second-order valence-electron chi connectivity index (χ2n) is 32.9. The average Bonchev–Trinajstić information content (AvgIpc) is 1.35. The van der Waals surface area contributed by atoms with Crippen LogP contribution in [0.15, 0.2) is 219 Å². The smallest absolute Gasteiger partial charge is 0.315 e. The van der Waals surface area contributed by atoms with Gasteiger partial charge in [0.1, 0.15) is 11.0 Å². The van der Waals surface area contributed by atoms with Crippen molar-refractivity contribution in [3.05, 3.63) is 285 Å². The SMILES string of the molecule is CC(Cc1ccsc1)NC(=O)NCC(Cc1ccccc1)N(C)C.CC(Cc1ccsc1)NC(=O)NC[C@H](Cc1ccccc1)N(C)C.C[C@@H](Cc1ccsc1)NC(=O)NCC(Cc1ccccc1)N(C)C.C[C@@H](Cc1ccsc1)NC(=O)NC[C@H](Cc1ccccc1)N(C)C.Cc1nc(CNC(=O)NC[C@@H](Cc2ccccc2)[N+](C)(C)C)sc1C. The summed E-state index contributed by atoms with van der Waals surface area (Å²) in [7, 11) is 22.9. The number of urea groups is 5. The van der Waals surface area contributed by atoms with E-state index < -0.39 is 0 Å². The molecule has 0 saturated carbocycles. The predicted octanol–water partition coefficient (Wildman–Crippen LogP) is 15.5. The van der Waals surface area contributed by atoms with Crippen LogP contribution in [0.3, 0.4) is 0 Å². The number of amides is 10. The molecule has 0 spiro atoms. The van der Waals surface area contributed by atoms with E-state index in [9.17, 15) is 24.0 Å². The number of nitrogens with zero attached hydrogens (tertiary/aromatic N) is 6. The lowest BCUT2D eigenvalue weighted by molar-refractivity contribution is -0.894. The summed E-state index contributed by atoms with van der Waals surface area (Å²) in [5.41, 5.74) is 12.5. The van der Waals surface area contributed by atoms with Gasteiger partial charge in [0.25, 0.3) is 0 Å². The predicted molar refractivity (Wildman–Crippen MR) is 510 cm³/mol. The van der Waals surface area contributed by atoms with E-state index in [0.717, 1.165) is 73.0 Å². The minimum absolute atomic E-state index is 0.0994. The van der Waals surface area contributed by atoms with Crippen molar-refractivity contribution >= 4 is 86.8 Å². The van der Waals surface area contributed by atoms with Gasteiger partial charge in [-0.3, -0.25) is 0 Å². The first kappa shape index (κ1) is 100. The summed E-state index contributed by atoms with van der Waals surface area (Å²) >= 11 is 8.37. The van der Waals surface area contributed by atoms with Crippen LogP contribution in [0, 0.1) is 13.8 Å². The normalized spacial score (nSPS) is 13.3. The van der Waals surface area contributed by atoms with E-state index in [4.69, 9.17) is 0 Å². The van der Waals surface area contributed by atoms with E-state index in [1.54, 1.807) is 56.7 Å². The second-order valence-corrected chi connectivity index (χ2v) is 37.3. The highest BCUT2D eigenvalue weighted by atomic mass is 32.1. The van der Waals surface area contributed by atoms with Gasteiger partial charge in [-0.2, -0.15) is 45.3 Å². The molecule has 0 saturated heterocycles. The molecular weight excluding hydrogens is 1610 g/mol. The monoisotopic (exact) mass is 1740 g/mol. The van der Waals surface area contributed by atoms with Crippen molar-refractivity contribution in [2.45, 2.75) is 160 Å². The number of aryl methyl sites for hydroxylation is 2. The van der Waals surface area contributed by atoms with Crippen LogP contribution in [0.1, 0.15) is 93.3 Å². The summed E-state index contributed by atoms with van der Waals surface area (Å²) in [5, 5.41) is 47.7. The number of quaternary nitrogens is 1. The van der Waals surface area contributed by atoms with Gasteiger partial charge in [0, 0.05) is 85.8 Å². The fourth-order valence-electron chi connectivity index (χ4n) is 13.0.